The number of carbonyl (C=O) groups is 2. The summed E-state index contributed by atoms with van der Waals surface area (Å²) in [6, 6.07) is 0. The molecule has 4 nitrogen and oxygen atoms in total. The maximum absolute atomic E-state index is 11.2. The van der Waals surface area contributed by atoms with E-state index in [1.165, 1.54) is 0 Å². The Morgan fingerprint density at radius 3 is 2.11 bits per heavy atom. The molecule has 0 radical (unpaired) electrons. The van der Waals surface area contributed by atoms with Gasteiger partial charge in [-0.1, -0.05) is 0 Å². The Morgan fingerprint density at radius 2 is 2.00 bits per heavy atom. The maximum atomic E-state index is 11.2. The average Bonchev–Trinajstić information content (AvgIpc) is 1.63. The first-order chi connectivity index (χ1) is 4.04. The Hall–Kier alpha value is -1.39. The summed E-state index contributed by atoms with van der Waals surface area (Å²) in [5.41, 5.74) is 4.50. The van der Waals surface area contributed by atoms with Gasteiger partial charge in [-0.05, 0) is 6.58 Å². The lowest BCUT2D eigenvalue weighted by Crippen LogP contribution is -2.15. The topological polar surface area (TPSA) is 69.4 Å². The number of ether oxygens (including phenoxy) is 1. The minimum absolute atomic E-state index is 0.706. The highest BCUT2D eigenvalue weighted by atomic mass is 19.1. The molecule has 0 saturated heterocycles. The van der Waals surface area contributed by atoms with Gasteiger partial charge in [0.05, 0.1) is 0 Å². The fourth-order valence-electron chi connectivity index (χ4n) is 0.147. The van der Waals surface area contributed by atoms with Crippen LogP contribution in [0.5, 0.6) is 0 Å². The minimum atomic E-state index is -2.10. The number of primary amides is 1. The van der Waals surface area contributed by atoms with Crippen LogP contribution >= 0.6 is 0 Å². The first-order valence-electron chi connectivity index (χ1n) is 1.90. The zero-order valence-corrected chi connectivity index (χ0v) is 4.39. The molecule has 0 aliphatic carbocycles. The summed E-state index contributed by atoms with van der Waals surface area (Å²) in [6.45, 7) is 2.84. The maximum Gasteiger partial charge on any atom is 0.501 e. The van der Waals surface area contributed by atoms with Gasteiger partial charge in [-0.2, -0.15) is 0 Å². The van der Waals surface area contributed by atoms with Crippen molar-refractivity contribution in [1.82, 2.24) is 0 Å². The number of nitrogens with two attached hydrogens (primary N) is 1. The summed E-state index contributed by atoms with van der Waals surface area (Å²) in [4.78, 5) is 19.3. The van der Waals surface area contributed by atoms with E-state index in [0.29, 0.717) is 0 Å². The average molecular weight is 133 g/mol. The van der Waals surface area contributed by atoms with Crippen molar-refractivity contribution in [2.45, 2.75) is 0 Å². The van der Waals surface area contributed by atoms with Gasteiger partial charge in [0.25, 0.3) is 5.91 Å². The highest BCUT2D eigenvalue weighted by molar-refractivity contribution is 5.91. The number of rotatable bonds is 2. The van der Waals surface area contributed by atoms with E-state index in [0.717, 1.165) is 0 Å². The smallest absolute Gasteiger partial charge is 0.396 e. The predicted octanol–water partition coefficient (Wildman–Crippen LogP) is 0.0915. The van der Waals surface area contributed by atoms with Crippen LogP contribution in [0.25, 0.3) is 0 Å². The first-order valence-corrected chi connectivity index (χ1v) is 1.90. The van der Waals surface area contributed by atoms with Gasteiger partial charge in [-0.25, -0.2) is 4.79 Å². The number of hydrogen-bond acceptors (Lipinski definition) is 3. The van der Waals surface area contributed by atoms with Crippen LogP contribution in [0.2, 0.25) is 0 Å². The van der Waals surface area contributed by atoms with Gasteiger partial charge in [0, 0.05) is 0 Å². The Labute approximate surface area is 50.1 Å². The van der Waals surface area contributed by atoms with Crippen LogP contribution in [0.15, 0.2) is 12.3 Å². The fraction of sp³-hybridized carbons (Fsp3) is 0. The predicted molar refractivity (Wildman–Crippen MR) is 25.9 cm³/mol. The summed E-state index contributed by atoms with van der Waals surface area (Å²) in [6.07, 6.45) is -2.10. The van der Waals surface area contributed by atoms with Crippen LogP contribution in [0, 0.1) is 0 Å². The lowest BCUT2D eigenvalue weighted by atomic mass is 10.5. The number of carbonyl (C=O) groups excluding carboxylic acids is 2. The molecular formula is C4H4FNO3. The molecule has 0 spiro atoms. The third-order valence-corrected chi connectivity index (χ3v) is 0.478. The molecule has 0 fully saturated rings. The minimum Gasteiger partial charge on any atom is -0.396 e. The highest BCUT2D eigenvalue weighted by Crippen LogP contribution is 1.93. The van der Waals surface area contributed by atoms with Crippen LogP contribution < -0.4 is 5.73 Å². The third kappa shape index (κ3) is 3.22. The van der Waals surface area contributed by atoms with Crippen LogP contribution in [-0.2, 0) is 9.53 Å². The monoisotopic (exact) mass is 133 g/mol. The van der Waals surface area contributed by atoms with E-state index in [2.05, 4.69) is 17.0 Å². The van der Waals surface area contributed by atoms with E-state index < -0.39 is 17.9 Å². The van der Waals surface area contributed by atoms with E-state index in [-0.39, 0.29) is 0 Å². The van der Waals surface area contributed by atoms with Gasteiger partial charge in [0.15, 0.2) is 5.76 Å². The Morgan fingerprint density at radius 1 is 1.56 bits per heavy atom. The molecule has 1 amide bonds. The quantitative estimate of drug-likeness (QED) is 0.329. The summed E-state index contributed by atoms with van der Waals surface area (Å²) in [5.74, 6) is -1.77. The van der Waals surface area contributed by atoms with Gasteiger partial charge in [0.1, 0.15) is 0 Å². The molecule has 0 aliphatic rings. The van der Waals surface area contributed by atoms with Gasteiger partial charge in [-0.3, -0.25) is 4.79 Å². The first kappa shape index (κ1) is 7.61. The summed E-state index contributed by atoms with van der Waals surface area (Å²) >= 11 is 0. The van der Waals surface area contributed by atoms with Gasteiger partial charge in [-0.15, -0.1) is 4.39 Å². The summed E-state index contributed by atoms with van der Waals surface area (Å²) in [7, 11) is 0. The molecule has 2 N–H and O–H groups in total. The third-order valence-electron chi connectivity index (χ3n) is 0.478. The molecule has 50 valence electrons. The van der Waals surface area contributed by atoms with E-state index in [1.807, 2.05) is 0 Å². The molecule has 0 unspecified atom stereocenters. The number of hydrogen-bond donors (Lipinski definition) is 1. The van der Waals surface area contributed by atoms with Crippen molar-refractivity contribution in [3.63, 3.8) is 0 Å². The lowest BCUT2D eigenvalue weighted by molar-refractivity contribution is -0.117. The van der Waals surface area contributed by atoms with Gasteiger partial charge in [0.2, 0.25) is 0 Å². The van der Waals surface area contributed by atoms with Crippen LogP contribution in [0.4, 0.5) is 9.18 Å². The molecule has 0 aromatic heterocycles. The zero-order chi connectivity index (χ0) is 7.44. The molecular weight excluding hydrogens is 129 g/mol. The molecule has 0 atom stereocenters. The lowest BCUT2D eigenvalue weighted by Gasteiger charge is -1.94. The van der Waals surface area contributed by atoms with Crippen molar-refractivity contribution in [2.75, 3.05) is 0 Å². The van der Waals surface area contributed by atoms with E-state index >= 15 is 0 Å². The Balaban J connectivity index is 3.79. The van der Waals surface area contributed by atoms with Gasteiger partial charge < -0.3 is 10.5 Å². The van der Waals surface area contributed by atoms with Crippen molar-refractivity contribution in [3.8, 4) is 0 Å². The Bertz CT molecular complexity index is 165. The standard InChI is InChI=1S/C4H4FNO3/c1-2(3(6)7)9-4(5)8/h1H2,(H2,6,7). The molecule has 0 aromatic carbocycles. The number of amides is 1. The molecule has 0 saturated carbocycles. The second-order valence-electron chi connectivity index (χ2n) is 1.13. The van der Waals surface area contributed by atoms with Crippen molar-refractivity contribution in [3.05, 3.63) is 12.3 Å². The molecule has 9 heavy (non-hydrogen) atoms. The normalized spacial score (nSPS) is 8.11. The molecule has 0 bridgehead atoms. The van der Waals surface area contributed by atoms with Crippen LogP contribution in [0.3, 0.4) is 0 Å². The van der Waals surface area contributed by atoms with Crippen LogP contribution in [-0.4, -0.2) is 12.1 Å². The van der Waals surface area contributed by atoms with Crippen LogP contribution in [0.1, 0.15) is 0 Å². The van der Waals surface area contributed by atoms with E-state index in [9.17, 15) is 14.0 Å². The van der Waals surface area contributed by atoms with E-state index in [1.54, 1.807) is 0 Å². The summed E-state index contributed by atoms with van der Waals surface area (Å²) in [5, 5.41) is 0. The largest absolute Gasteiger partial charge is 0.501 e. The van der Waals surface area contributed by atoms with Crippen molar-refractivity contribution < 1.29 is 18.7 Å². The van der Waals surface area contributed by atoms with Crippen molar-refractivity contribution in [1.29, 1.82) is 0 Å². The number of halogens is 1. The van der Waals surface area contributed by atoms with E-state index in [4.69, 9.17) is 0 Å². The molecule has 0 heterocycles. The van der Waals surface area contributed by atoms with Gasteiger partial charge >= 0.3 is 6.22 Å². The fourth-order valence-corrected chi connectivity index (χ4v) is 0.147. The van der Waals surface area contributed by atoms with Crippen molar-refractivity contribution >= 4 is 12.1 Å². The zero-order valence-electron chi connectivity index (χ0n) is 4.39. The molecule has 0 aliphatic heterocycles. The SMILES string of the molecule is C=C(OC(=O)F)C(N)=O. The van der Waals surface area contributed by atoms with Crippen molar-refractivity contribution in [2.24, 2.45) is 5.73 Å². The molecule has 5 heteroatoms. The summed E-state index contributed by atoms with van der Waals surface area (Å²) < 4.78 is 14.7. The molecule has 0 rings (SSSR count). The molecule has 0 aromatic rings. The highest BCUT2D eigenvalue weighted by Gasteiger charge is 2.06. The Kier molecular flexibility index (Phi) is 2.37. The second-order valence-corrected chi connectivity index (χ2v) is 1.13. The second kappa shape index (κ2) is 2.81.